The summed E-state index contributed by atoms with van der Waals surface area (Å²) in [7, 11) is 0. The van der Waals surface area contributed by atoms with Crippen molar-refractivity contribution in [2.24, 2.45) is 0 Å². The number of fused-ring (bicyclic) bond motifs is 3. The molecule has 0 atom stereocenters. The normalized spacial score (nSPS) is 11.2. The second-order valence-corrected chi connectivity index (χ2v) is 7.77. The molecule has 1 N–H and O–H groups in total. The molecule has 0 fully saturated rings. The van der Waals surface area contributed by atoms with E-state index >= 15 is 0 Å². The highest BCUT2D eigenvalue weighted by atomic mass is 16.2. The summed E-state index contributed by atoms with van der Waals surface area (Å²) >= 11 is 0. The van der Waals surface area contributed by atoms with Gasteiger partial charge in [-0.25, -0.2) is 0 Å². The van der Waals surface area contributed by atoms with Gasteiger partial charge in [-0.15, -0.1) is 0 Å². The number of para-hydroxylation sites is 2. The standard InChI is InChI=1S/C25H28N4O2/c1-3-27(20-10-6-9-19(2)17-20)15-8-14-26-24(30)18-29-22-12-5-4-11-21(22)28-16-7-13-23(28)25(29)31/h4-7,9-13,16-17H,3,8,14-15,18H2,1-2H3,(H,26,30). The molecule has 160 valence electrons. The zero-order valence-electron chi connectivity index (χ0n) is 18.0. The average Bonchev–Trinajstić information content (AvgIpc) is 3.27. The minimum Gasteiger partial charge on any atom is -0.372 e. The first-order valence-corrected chi connectivity index (χ1v) is 10.8. The fourth-order valence-corrected chi connectivity index (χ4v) is 4.06. The molecule has 2 aromatic heterocycles. The van der Waals surface area contributed by atoms with Gasteiger partial charge in [0.15, 0.2) is 0 Å². The summed E-state index contributed by atoms with van der Waals surface area (Å²) in [5.74, 6) is -0.151. The Morgan fingerprint density at radius 3 is 2.55 bits per heavy atom. The number of carbonyl (C=O) groups is 1. The van der Waals surface area contributed by atoms with E-state index < -0.39 is 0 Å². The Labute approximate surface area is 181 Å². The predicted octanol–water partition coefficient (Wildman–Crippen LogP) is 3.60. The van der Waals surface area contributed by atoms with E-state index in [4.69, 9.17) is 0 Å². The van der Waals surface area contributed by atoms with Crippen molar-refractivity contribution in [3.63, 3.8) is 0 Å². The lowest BCUT2D eigenvalue weighted by Crippen LogP contribution is -2.35. The molecule has 4 aromatic rings. The smallest absolute Gasteiger partial charge is 0.275 e. The molecule has 0 radical (unpaired) electrons. The lowest BCUT2D eigenvalue weighted by atomic mass is 10.2. The highest BCUT2D eigenvalue weighted by molar-refractivity contribution is 5.82. The van der Waals surface area contributed by atoms with Crippen molar-refractivity contribution in [2.45, 2.75) is 26.8 Å². The Morgan fingerprint density at radius 1 is 1.00 bits per heavy atom. The summed E-state index contributed by atoms with van der Waals surface area (Å²) in [5.41, 5.74) is 4.52. The van der Waals surface area contributed by atoms with Crippen LogP contribution in [0.5, 0.6) is 0 Å². The summed E-state index contributed by atoms with van der Waals surface area (Å²) in [5, 5.41) is 2.98. The lowest BCUT2D eigenvalue weighted by Gasteiger charge is -2.23. The van der Waals surface area contributed by atoms with Crippen molar-refractivity contribution in [1.82, 2.24) is 14.3 Å². The third kappa shape index (κ3) is 4.33. The fourth-order valence-electron chi connectivity index (χ4n) is 4.06. The van der Waals surface area contributed by atoms with Gasteiger partial charge in [-0.2, -0.15) is 0 Å². The molecule has 2 heterocycles. The number of benzene rings is 2. The van der Waals surface area contributed by atoms with Gasteiger partial charge in [0.2, 0.25) is 5.91 Å². The van der Waals surface area contributed by atoms with Crippen molar-refractivity contribution in [2.75, 3.05) is 24.5 Å². The molecule has 0 aliphatic heterocycles. The van der Waals surface area contributed by atoms with Crippen LogP contribution < -0.4 is 15.8 Å². The number of aromatic nitrogens is 2. The molecule has 0 bridgehead atoms. The Kier molecular flexibility index (Phi) is 6.07. The number of nitrogens with zero attached hydrogens (tertiary/aromatic N) is 3. The molecule has 0 unspecified atom stereocenters. The van der Waals surface area contributed by atoms with Gasteiger partial charge < -0.3 is 14.6 Å². The number of rotatable bonds is 8. The molecule has 6 heteroatoms. The average molecular weight is 417 g/mol. The monoisotopic (exact) mass is 416 g/mol. The van der Waals surface area contributed by atoms with Crippen LogP contribution in [0.15, 0.2) is 71.7 Å². The van der Waals surface area contributed by atoms with Crippen molar-refractivity contribution in [3.8, 4) is 0 Å². The van der Waals surface area contributed by atoms with E-state index in [1.807, 2.05) is 40.9 Å². The SMILES string of the molecule is CCN(CCCNC(=O)Cn1c(=O)c2cccn2c2ccccc21)c1cccc(C)c1. The van der Waals surface area contributed by atoms with Gasteiger partial charge in [-0.3, -0.25) is 14.2 Å². The van der Waals surface area contributed by atoms with Gasteiger partial charge in [0.1, 0.15) is 12.1 Å². The van der Waals surface area contributed by atoms with E-state index in [1.54, 1.807) is 10.6 Å². The molecule has 31 heavy (non-hydrogen) atoms. The molecule has 0 spiro atoms. The quantitative estimate of drug-likeness (QED) is 0.447. The van der Waals surface area contributed by atoms with Crippen LogP contribution in [0.25, 0.3) is 16.6 Å². The summed E-state index contributed by atoms with van der Waals surface area (Å²) in [6.45, 7) is 6.58. The second-order valence-electron chi connectivity index (χ2n) is 7.77. The molecule has 0 saturated carbocycles. The maximum atomic E-state index is 12.9. The number of hydrogen-bond donors (Lipinski definition) is 1. The third-order valence-electron chi connectivity index (χ3n) is 5.62. The zero-order chi connectivity index (χ0) is 21.8. The summed E-state index contributed by atoms with van der Waals surface area (Å²) in [6.07, 6.45) is 2.71. The predicted molar refractivity (Wildman–Crippen MR) is 126 cm³/mol. The molecule has 0 aliphatic rings. The summed E-state index contributed by atoms with van der Waals surface area (Å²) in [6, 6.07) is 19.7. The van der Waals surface area contributed by atoms with Gasteiger partial charge in [-0.05, 0) is 62.2 Å². The first kappa shape index (κ1) is 20.7. The molecular weight excluding hydrogens is 388 g/mol. The van der Waals surface area contributed by atoms with E-state index in [0.29, 0.717) is 12.1 Å². The van der Waals surface area contributed by atoms with Gasteiger partial charge >= 0.3 is 0 Å². The van der Waals surface area contributed by atoms with Crippen molar-refractivity contribution >= 4 is 28.1 Å². The molecule has 1 amide bonds. The van der Waals surface area contributed by atoms with Crippen LogP contribution in [0.4, 0.5) is 5.69 Å². The van der Waals surface area contributed by atoms with Gasteiger partial charge in [0, 0.05) is 31.5 Å². The highest BCUT2D eigenvalue weighted by Crippen LogP contribution is 2.16. The minimum atomic E-state index is -0.157. The number of carbonyl (C=O) groups excluding carboxylic acids is 1. The molecule has 6 nitrogen and oxygen atoms in total. The largest absolute Gasteiger partial charge is 0.372 e. The maximum absolute atomic E-state index is 12.9. The van der Waals surface area contributed by atoms with Crippen LogP contribution in [0.3, 0.4) is 0 Å². The lowest BCUT2D eigenvalue weighted by molar-refractivity contribution is -0.121. The van der Waals surface area contributed by atoms with Crippen molar-refractivity contribution in [1.29, 1.82) is 0 Å². The molecule has 0 aliphatic carbocycles. The number of aryl methyl sites for hydroxylation is 1. The van der Waals surface area contributed by atoms with E-state index in [-0.39, 0.29) is 18.0 Å². The van der Waals surface area contributed by atoms with Gasteiger partial charge in [0.25, 0.3) is 5.56 Å². The van der Waals surface area contributed by atoms with Crippen LogP contribution in [-0.2, 0) is 11.3 Å². The third-order valence-corrected chi connectivity index (χ3v) is 5.62. The van der Waals surface area contributed by atoms with Crippen LogP contribution in [-0.4, -0.2) is 34.5 Å². The minimum absolute atomic E-state index is 0.0103. The Hall–Kier alpha value is -3.54. The highest BCUT2D eigenvalue weighted by Gasteiger charge is 2.13. The van der Waals surface area contributed by atoms with E-state index in [9.17, 15) is 9.59 Å². The molecular formula is C25H28N4O2. The molecule has 2 aromatic carbocycles. The Bertz CT molecular complexity index is 1270. The topological polar surface area (TPSA) is 58.8 Å². The Morgan fingerprint density at radius 2 is 1.77 bits per heavy atom. The fraction of sp³-hybridized carbons (Fsp3) is 0.280. The summed E-state index contributed by atoms with van der Waals surface area (Å²) < 4.78 is 3.43. The second kappa shape index (κ2) is 9.08. The zero-order valence-corrected chi connectivity index (χ0v) is 18.0. The molecule has 0 saturated heterocycles. The van der Waals surface area contributed by atoms with E-state index in [2.05, 4.69) is 48.3 Å². The van der Waals surface area contributed by atoms with Crippen LogP contribution in [0.1, 0.15) is 18.9 Å². The Balaban J connectivity index is 1.41. The first-order valence-electron chi connectivity index (χ1n) is 10.8. The summed E-state index contributed by atoms with van der Waals surface area (Å²) in [4.78, 5) is 27.9. The maximum Gasteiger partial charge on any atom is 0.275 e. The van der Waals surface area contributed by atoms with E-state index in [0.717, 1.165) is 30.5 Å². The van der Waals surface area contributed by atoms with Crippen LogP contribution in [0, 0.1) is 6.92 Å². The van der Waals surface area contributed by atoms with Crippen molar-refractivity contribution < 1.29 is 4.79 Å². The van der Waals surface area contributed by atoms with Gasteiger partial charge in [0.05, 0.1) is 11.0 Å². The van der Waals surface area contributed by atoms with Gasteiger partial charge in [-0.1, -0.05) is 24.3 Å². The number of nitrogens with one attached hydrogen (secondary N) is 1. The molecule has 4 rings (SSSR count). The van der Waals surface area contributed by atoms with Crippen LogP contribution >= 0.6 is 0 Å². The number of amides is 1. The van der Waals surface area contributed by atoms with E-state index in [1.165, 1.54) is 11.3 Å². The first-order chi connectivity index (χ1) is 15.1. The van der Waals surface area contributed by atoms with Crippen molar-refractivity contribution in [3.05, 3.63) is 82.8 Å². The number of anilines is 1. The number of hydrogen-bond acceptors (Lipinski definition) is 3. The van der Waals surface area contributed by atoms with Crippen LogP contribution in [0.2, 0.25) is 0 Å².